The van der Waals surface area contributed by atoms with Gasteiger partial charge in [0.1, 0.15) is 12.1 Å². The molecule has 1 aromatic carbocycles. The van der Waals surface area contributed by atoms with E-state index in [-0.39, 0.29) is 50.0 Å². The van der Waals surface area contributed by atoms with Crippen molar-refractivity contribution < 1.29 is 38.3 Å². The highest BCUT2D eigenvalue weighted by Crippen LogP contribution is 2.42. The van der Waals surface area contributed by atoms with Crippen molar-refractivity contribution >= 4 is 51.8 Å². The average Bonchev–Trinajstić information content (AvgIpc) is 4.17. The van der Waals surface area contributed by atoms with E-state index in [0.29, 0.717) is 43.8 Å². The lowest BCUT2D eigenvalue weighted by Crippen LogP contribution is -2.58. The number of amides is 4. The first-order valence-electron chi connectivity index (χ1n) is 23.4. The van der Waals surface area contributed by atoms with Gasteiger partial charge < -0.3 is 29.2 Å². The lowest BCUT2D eigenvalue weighted by Gasteiger charge is -2.36. The van der Waals surface area contributed by atoms with Crippen LogP contribution < -0.4 is 5.32 Å². The Morgan fingerprint density at radius 2 is 1.89 bits per heavy atom. The molecule has 0 spiro atoms. The molecule has 4 amide bonds. The van der Waals surface area contributed by atoms with E-state index in [1.165, 1.54) is 27.4 Å². The summed E-state index contributed by atoms with van der Waals surface area (Å²) in [6.45, 7) is 13.6. The van der Waals surface area contributed by atoms with Gasteiger partial charge in [-0.1, -0.05) is 39.3 Å². The van der Waals surface area contributed by atoms with Crippen LogP contribution in [0.2, 0.25) is 0 Å². The Balaban J connectivity index is 1.17. The fourth-order valence-electron chi connectivity index (χ4n) is 10.4. The fourth-order valence-corrected chi connectivity index (χ4v) is 11.2. The summed E-state index contributed by atoms with van der Waals surface area (Å²) in [6.07, 6.45) is 7.08. The van der Waals surface area contributed by atoms with Crippen molar-refractivity contribution in [1.29, 1.82) is 0 Å². The standard InChI is InChI=1S/C50H63N7O8S/c1-8-42(58)55-23-20-33(27-55)47(60)54(6)44(31-14-10-11-15-31)46(59)53-37-25-41-52-38(28-66-41)32-18-19-39-35(24-32)36(45(56(39)9-2)34-16-12-21-51-43(34)30(3)63-7)26-50(4,5)29-64-49(62)40-17-13-22-57(65-40)48(37)61/h8,12,16,18-19,21,24,28,30-31,33,37,40,44H,1,9-11,13-15,17,20,22-23,25-27,29H2,2-7H3,(H,53,59)/t30?,33?,37?,40-,44?/m0/s1. The number of methoxy groups -OCH3 is 1. The molecule has 3 aromatic heterocycles. The minimum Gasteiger partial charge on any atom is -0.463 e. The zero-order chi connectivity index (χ0) is 46.9. The van der Waals surface area contributed by atoms with Crippen molar-refractivity contribution in [1.82, 2.24) is 34.7 Å². The number of carbonyl (C=O) groups excluding carboxylic acids is 5. The number of benzene rings is 1. The Morgan fingerprint density at radius 3 is 2.64 bits per heavy atom. The minimum atomic E-state index is -1.12. The second kappa shape index (κ2) is 19.8. The number of fused-ring (bicyclic) bond motifs is 6. The van der Waals surface area contributed by atoms with E-state index in [2.05, 4.69) is 61.5 Å². The van der Waals surface area contributed by atoms with Crippen molar-refractivity contribution in [3.05, 3.63) is 70.8 Å². The van der Waals surface area contributed by atoms with Gasteiger partial charge in [-0.15, -0.1) is 11.3 Å². The van der Waals surface area contributed by atoms with Gasteiger partial charge in [0.2, 0.25) is 17.7 Å². The first-order valence-corrected chi connectivity index (χ1v) is 24.3. The van der Waals surface area contributed by atoms with Gasteiger partial charge in [-0.2, -0.15) is 0 Å². The maximum atomic E-state index is 14.7. The van der Waals surface area contributed by atoms with Crippen LogP contribution in [0, 0.1) is 17.3 Å². The molecular formula is C50H63N7O8S. The molecule has 1 N–H and O–H groups in total. The molecule has 4 aromatic rings. The lowest BCUT2D eigenvalue weighted by atomic mass is 9.84. The number of rotatable bonds is 10. The van der Waals surface area contributed by atoms with Gasteiger partial charge in [0.25, 0.3) is 5.91 Å². The number of pyridine rings is 1. The van der Waals surface area contributed by atoms with Crippen LogP contribution in [-0.4, -0.2) is 118 Å². The molecule has 1 saturated carbocycles. The first kappa shape index (κ1) is 47.1. The van der Waals surface area contributed by atoms with Crippen LogP contribution >= 0.6 is 11.3 Å². The van der Waals surface area contributed by atoms with E-state index in [0.717, 1.165) is 70.4 Å². The molecule has 5 atom stereocenters. The zero-order valence-electron chi connectivity index (χ0n) is 39.0. The number of esters is 1. The van der Waals surface area contributed by atoms with Gasteiger partial charge in [0.15, 0.2) is 6.10 Å². The van der Waals surface area contributed by atoms with Gasteiger partial charge >= 0.3 is 5.97 Å². The van der Waals surface area contributed by atoms with E-state index < -0.39 is 47.3 Å². The number of carbonyl (C=O) groups is 5. The highest BCUT2D eigenvalue weighted by atomic mass is 32.1. The molecule has 3 aliphatic heterocycles. The smallest absolute Gasteiger partial charge is 0.338 e. The minimum absolute atomic E-state index is 0.0556. The van der Waals surface area contributed by atoms with E-state index in [9.17, 15) is 24.0 Å². The molecule has 8 rings (SSSR count). The quantitative estimate of drug-likeness (QED) is 0.134. The maximum absolute atomic E-state index is 14.7. The molecule has 16 heteroatoms. The molecule has 0 radical (unpaired) electrons. The lowest BCUT2D eigenvalue weighted by molar-refractivity contribution is -0.231. The Bertz CT molecular complexity index is 2490. The van der Waals surface area contributed by atoms with Crippen molar-refractivity contribution in [2.45, 2.75) is 116 Å². The highest BCUT2D eigenvalue weighted by Gasteiger charge is 2.43. The number of aromatic nitrogens is 3. The summed E-state index contributed by atoms with van der Waals surface area (Å²) in [6, 6.07) is 8.43. The molecule has 6 heterocycles. The molecule has 4 aliphatic rings. The Morgan fingerprint density at radius 1 is 1.11 bits per heavy atom. The fraction of sp³-hybridized carbons (Fsp3) is 0.540. The van der Waals surface area contributed by atoms with Crippen LogP contribution in [0.15, 0.2) is 54.6 Å². The van der Waals surface area contributed by atoms with Crippen LogP contribution in [0.3, 0.4) is 0 Å². The van der Waals surface area contributed by atoms with Gasteiger partial charge in [-0.3, -0.25) is 29.0 Å². The molecule has 4 unspecified atom stereocenters. The topological polar surface area (TPSA) is 166 Å². The number of thiazole rings is 1. The third-order valence-corrected chi connectivity index (χ3v) is 14.8. The normalized spacial score (nSPS) is 22.4. The molecule has 15 nitrogen and oxygen atoms in total. The number of aryl methyl sites for hydroxylation is 1. The Hall–Kier alpha value is -5.45. The van der Waals surface area contributed by atoms with Gasteiger partial charge in [0.05, 0.1) is 40.7 Å². The van der Waals surface area contributed by atoms with E-state index in [4.69, 9.17) is 24.3 Å². The molecule has 66 heavy (non-hydrogen) atoms. The average molecular weight is 922 g/mol. The third-order valence-electron chi connectivity index (χ3n) is 13.9. The summed E-state index contributed by atoms with van der Waals surface area (Å²) in [5, 5.41) is 7.91. The van der Waals surface area contributed by atoms with Gasteiger partial charge in [-0.25, -0.2) is 14.8 Å². The third kappa shape index (κ3) is 9.54. The van der Waals surface area contributed by atoms with Crippen LogP contribution in [0.5, 0.6) is 0 Å². The van der Waals surface area contributed by atoms with Crippen molar-refractivity contribution in [2.24, 2.45) is 17.3 Å². The number of likely N-dealkylation sites (N-methyl/N-ethyl adjacent to an activating group) is 1. The van der Waals surface area contributed by atoms with E-state index in [1.54, 1.807) is 25.3 Å². The van der Waals surface area contributed by atoms with Crippen LogP contribution in [0.1, 0.15) is 95.0 Å². The number of ether oxygens (including phenoxy) is 2. The highest BCUT2D eigenvalue weighted by molar-refractivity contribution is 7.10. The largest absolute Gasteiger partial charge is 0.463 e. The SMILES string of the molecule is C=CC(=O)N1CCC(C(=O)N(C)C(C(=O)NC2Cc3nc(cs3)-c3ccc4c(c3)c(c(-c3cccnc3C(C)OC)n4CC)CC(C)(C)COC(=O)[C@@H]3CCCN(O3)C2=O)C2CCCC2)C1. The molecular weight excluding hydrogens is 859 g/mol. The molecule has 2 saturated heterocycles. The molecule has 352 valence electrons. The summed E-state index contributed by atoms with van der Waals surface area (Å²) in [7, 11) is 3.34. The second-order valence-corrected chi connectivity index (χ2v) is 20.0. The number of likely N-dealkylation sites (tertiary alicyclic amines) is 1. The van der Waals surface area contributed by atoms with Crippen molar-refractivity contribution in [2.75, 3.05) is 40.4 Å². The van der Waals surface area contributed by atoms with Gasteiger partial charge in [-0.05, 0) is 94.2 Å². The molecule has 6 bridgehead atoms. The predicted octanol–water partition coefficient (Wildman–Crippen LogP) is 6.68. The monoisotopic (exact) mass is 921 g/mol. The summed E-state index contributed by atoms with van der Waals surface area (Å²) in [5.74, 6) is -2.51. The maximum Gasteiger partial charge on any atom is 0.338 e. The Labute approximate surface area is 390 Å². The summed E-state index contributed by atoms with van der Waals surface area (Å²) < 4.78 is 14.2. The van der Waals surface area contributed by atoms with Crippen molar-refractivity contribution in [3.8, 4) is 22.5 Å². The number of hydrogen-bond acceptors (Lipinski definition) is 11. The summed E-state index contributed by atoms with van der Waals surface area (Å²) >= 11 is 1.40. The predicted molar refractivity (Wildman–Crippen MR) is 251 cm³/mol. The van der Waals surface area contributed by atoms with Gasteiger partial charge in [0, 0.05) is 85.8 Å². The summed E-state index contributed by atoms with van der Waals surface area (Å²) in [4.78, 5) is 89.0. The second-order valence-electron chi connectivity index (χ2n) is 19.0. The van der Waals surface area contributed by atoms with E-state index >= 15 is 0 Å². The Kier molecular flexibility index (Phi) is 14.1. The zero-order valence-corrected chi connectivity index (χ0v) is 39.9. The number of hydroxylamine groups is 2. The van der Waals surface area contributed by atoms with Crippen LogP contribution in [0.4, 0.5) is 0 Å². The van der Waals surface area contributed by atoms with Crippen LogP contribution in [0.25, 0.3) is 33.4 Å². The molecule has 1 aliphatic carbocycles. The van der Waals surface area contributed by atoms with E-state index in [1.807, 2.05) is 18.4 Å². The van der Waals surface area contributed by atoms with Crippen LogP contribution in [-0.2, 0) is 57.7 Å². The number of nitrogens with one attached hydrogen (secondary N) is 1. The number of nitrogens with zero attached hydrogens (tertiary/aromatic N) is 6. The number of hydrogen-bond donors (Lipinski definition) is 1. The first-order chi connectivity index (χ1) is 31.7. The summed E-state index contributed by atoms with van der Waals surface area (Å²) in [5.41, 5.74) is 6.05. The number of cyclic esters (lactones) is 1. The molecule has 3 fully saturated rings. The van der Waals surface area contributed by atoms with Crippen molar-refractivity contribution in [3.63, 3.8) is 0 Å².